The van der Waals surface area contributed by atoms with E-state index in [1.165, 1.54) is 6.07 Å². The molecule has 0 amide bonds. The van der Waals surface area contributed by atoms with Gasteiger partial charge in [-0.3, -0.25) is 0 Å². The first-order valence-corrected chi connectivity index (χ1v) is 5.55. The van der Waals surface area contributed by atoms with Gasteiger partial charge in [-0.15, -0.1) is 0 Å². The number of aliphatic hydroxyl groups is 1. The van der Waals surface area contributed by atoms with Crippen LogP contribution in [-0.4, -0.2) is 17.7 Å². The minimum atomic E-state index is -1.04. The summed E-state index contributed by atoms with van der Waals surface area (Å²) in [4.78, 5) is 0. The Balaban J connectivity index is 2.84. The molecule has 2 nitrogen and oxygen atoms in total. The largest absolute Gasteiger partial charge is 0.384 e. The molecule has 0 saturated carbocycles. The van der Waals surface area contributed by atoms with Crippen LogP contribution < -0.4 is 5.32 Å². The maximum Gasteiger partial charge on any atom is 0.126 e. The summed E-state index contributed by atoms with van der Waals surface area (Å²) in [7, 11) is 0. The Bertz CT molecular complexity index is 361. The molecule has 1 rings (SSSR count). The molecule has 1 aromatic rings. The highest BCUT2D eigenvalue weighted by Crippen LogP contribution is 2.22. The molecule has 1 unspecified atom stereocenters. The lowest BCUT2D eigenvalue weighted by atomic mass is 9.94. The average Bonchev–Trinajstić information content (AvgIpc) is 2.19. The van der Waals surface area contributed by atoms with Crippen molar-refractivity contribution in [2.24, 2.45) is 0 Å². The van der Waals surface area contributed by atoms with Gasteiger partial charge in [0.15, 0.2) is 0 Å². The maximum atomic E-state index is 13.4. The monoisotopic (exact) mass is 225 g/mol. The minimum Gasteiger partial charge on any atom is -0.384 e. The molecule has 1 atom stereocenters. The lowest BCUT2D eigenvalue weighted by molar-refractivity contribution is 0.0546. The van der Waals surface area contributed by atoms with Gasteiger partial charge < -0.3 is 10.4 Å². The summed E-state index contributed by atoms with van der Waals surface area (Å²) in [6.07, 6.45) is 0. The molecular weight excluding hydrogens is 205 g/mol. The van der Waals surface area contributed by atoms with Gasteiger partial charge in [-0.05, 0) is 31.0 Å². The summed E-state index contributed by atoms with van der Waals surface area (Å²) in [5.74, 6) is -0.276. The Kier molecular flexibility index (Phi) is 4.05. The Morgan fingerprint density at radius 1 is 1.44 bits per heavy atom. The van der Waals surface area contributed by atoms with Crippen molar-refractivity contribution in [2.45, 2.75) is 39.3 Å². The number of rotatable bonds is 4. The van der Waals surface area contributed by atoms with Crippen LogP contribution in [0.15, 0.2) is 18.2 Å². The third-order valence-corrected chi connectivity index (χ3v) is 2.65. The summed E-state index contributed by atoms with van der Waals surface area (Å²) < 4.78 is 13.4. The molecule has 0 spiro atoms. The van der Waals surface area contributed by atoms with E-state index in [9.17, 15) is 9.50 Å². The number of hydrogen-bond acceptors (Lipinski definition) is 2. The second-order valence-electron chi connectivity index (χ2n) is 4.77. The van der Waals surface area contributed by atoms with E-state index in [1.54, 1.807) is 26.0 Å². The molecule has 0 heterocycles. The first-order chi connectivity index (χ1) is 7.33. The fraction of sp³-hybridized carbons (Fsp3) is 0.538. The number of aryl methyl sites for hydroxylation is 1. The van der Waals surface area contributed by atoms with E-state index in [0.29, 0.717) is 23.7 Å². The molecule has 3 heteroatoms. The third-order valence-electron chi connectivity index (χ3n) is 2.65. The lowest BCUT2D eigenvalue weighted by Crippen LogP contribution is -2.38. The molecule has 0 fully saturated rings. The summed E-state index contributed by atoms with van der Waals surface area (Å²) in [6.45, 7) is 7.82. The van der Waals surface area contributed by atoms with Crippen molar-refractivity contribution >= 4 is 0 Å². The van der Waals surface area contributed by atoms with Crippen LogP contribution in [-0.2, 0) is 5.60 Å². The molecule has 16 heavy (non-hydrogen) atoms. The number of hydrogen-bond donors (Lipinski definition) is 2. The van der Waals surface area contributed by atoms with Crippen LogP contribution in [0.25, 0.3) is 0 Å². The van der Waals surface area contributed by atoms with Crippen LogP contribution in [0, 0.1) is 12.7 Å². The molecule has 2 N–H and O–H groups in total. The Morgan fingerprint density at radius 3 is 2.56 bits per heavy atom. The predicted molar refractivity (Wildman–Crippen MR) is 63.8 cm³/mol. The highest BCUT2D eigenvalue weighted by atomic mass is 19.1. The summed E-state index contributed by atoms with van der Waals surface area (Å²) in [5.41, 5.74) is 0.152. The third kappa shape index (κ3) is 3.29. The molecule has 1 aromatic carbocycles. The van der Waals surface area contributed by atoms with Crippen molar-refractivity contribution < 1.29 is 9.50 Å². The summed E-state index contributed by atoms with van der Waals surface area (Å²) >= 11 is 0. The number of nitrogens with one attached hydrogen (secondary N) is 1. The Labute approximate surface area is 96.5 Å². The lowest BCUT2D eigenvalue weighted by Gasteiger charge is -2.26. The quantitative estimate of drug-likeness (QED) is 0.824. The van der Waals surface area contributed by atoms with Gasteiger partial charge in [-0.2, -0.15) is 0 Å². The summed E-state index contributed by atoms with van der Waals surface area (Å²) in [5, 5.41) is 13.4. The van der Waals surface area contributed by atoms with E-state index in [0.717, 1.165) is 0 Å². The fourth-order valence-electron chi connectivity index (χ4n) is 1.43. The van der Waals surface area contributed by atoms with Gasteiger partial charge in [-0.25, -0.2) is 4.39 Å². The second-order valence-corrected chi connectivity index (χ2v) is 4.77. The Morgan fingerprint density at radius 2 is 2.06 bits per heavy atom. The second kappa shape index (κ2) is 4.93. The van der Waals surface area contributed by atoms with Gasteiger partial charge in [0, 0.05) is 12.6 Å². The first-order valence-electron chi connectivity index (χ1n) is 5.55. The molecule has 0 aromatic heterocycles. The maximum absolute atomic E-state index is 13.4. The van der Waals surface area contributed by atoms with Crippen molar-refractivity contribution in [1.29, 1.82) is 0 Å². The molecule has 0 saturated heterocycles. The van der Waals surface area contributed by atoms with E-state index < -0.39 is 5.60 Å². The van der Waals surface area contributed by atoms with Crippen molar-refractivity contribution in [3.05, 3.63) is 35.1 Å². The van der Waals surface area contributed by atoms with E-state index in [1.807, 2.05) is 13.8 Å². The highest BCUT2D eigenvalue weighted by Gasteiger charge is 2.23. The number of benzene rings is 1. The van der Waals surface area contributed by atoms with Gasteiger partial charge >= 0.3 is 0 Å². The molecule has 0 aliphatic heterocycles. The van der Waals surface area contributed by atoms with Crippen molar-refractivity contribution in [2.75, 3.05) is 6.54 Å². The smallest absolute Gasteiger partial charge is 0.126 e. The Hall–Kier alpha value is -0.930. The van der Waals surface area contributed by atoms with Crippen LogP contribution in [0.2, 0.25) is 0 Å². The van der Waals surface area contributed by atoms with Crippen LogP contribution in [0.1, 0.15) is 31.9 Å². The standard InChI is InChI=1S/C13H20FNO/c1-9(2)15-8-13(4,16)11-6-5-10(3)12(14)7-11/h5-7,9,15-16H,8H2,1-4H3. The normalized spacial score (nSPS) is 15.2. The van der Waals surface area contributed by atoms with Crippen LogP contribution in [0.3, 0.4) is 0 Å². The van der Waals surface area contributed by atoms with Crippen molar-refractivity contribution in [3.63, 3.8) is 0 Å². The van der Waals surface area contributed by atoms with Crippen LogP contribution in [0.5, 0.6) is 0 Å². The molecule has 0 radical (unpaired) electrons. The van der Waals surface area contributed by atoms with E-state index >= 15 is 0 Å². The fourth-order valence-corrected chi connectivity index (χ4v) is 1.43. The van der Waals surface area contributed by atoms with E-state index in [2.05, 4.69) is 5.32 Å². The first kappa shape index (κ1) is 13.1. The van der Waals surface area contributed by atoms with Gasteiger partial charge in [-0.1, -0.05) is 26.0 Å². The van der Waals surface area contributed by atoms with Gasteiger partial charge in [0.1, 0.15) is 5.82 Å². The minimum absolute atomic E-state index is 0.276. The molecule has 0 aliphatic carbocycles. The highest BCUT2D eigenvalue weighted by molar-refractivity contribution is 5.27. The van der Waals surface area contributed by atoms with Crippen molar-refractivity contribution in [1.82, 2.24) is 5.32 Å². The molecule has 90 valence electrons. The SMILES string of the molecule is Cc1ccc(C(C)(O)CNC(C)C)cc1F. The zero-order valence-electron chi connectivity index (χ0n) is 10.3. The van der Waals surface area contributed by atoms with E-state index in [4.69, 9.17) is 0 Å². The van der Waals surface area contributed by atoms with Gasteiger partial charge in [0.05, 0.1) is 5.60 Å². The molecule has 0 aliphatic rings. The van der Waals surface area contributed by atoms with Gasteiger partial charge in [0.2, 0.25) is 0 Å². The van der Waals surface area contributed by atoms with Crippen LogP contribution >= 0.6 is 0 Å². The zero-order valence-corrected chi connectivity index (χ0v) is 10.3. The van der Waals surface area contributed by atoms with Crippen molar-refractivity contribution in [3.8, 4) is 0 Å². The average molecular weight is 225 g/mol. The number of halogens is 1. The molecule has 0 bridgehead atoms. The molecular formula is C13H20FNO. The topological polar surface area (TPSA) is 32.3 Å². The van der Waals surface area contributed by atoms with Crippen LogP contribution in [0.4, 0.5) is 4.39 Å². The van der Waals surface area contributed by atoms with Gasteiger partial charge in [0.25, 0.3) is 0 Å². The van der Waals surface area contributed by atoms with E-state index in [-0.39, 0.29) is 5.82 Å². The predicted octanol–water partition coefficient (Wildman–Crippen LogP) is 2.34. The summed E-state index contributed by atoms with van der Waals surface area (Å²) in [6, 6.07) is 5.15. The zero-order chi connectivity index (χ0) is 12.3.